The van der Waals surface area contributed by atoms with Gasteiger partial charge in [0.15, 0.2) is 0 Å². The van der Waals surface area contributed by atoms with E-state index in [1.165, 1.54) is 0 Å². The van der Waals surface area contributed by atoms with Gasteiger partial charge in [-0.2, -0.15) is 5.26 Å². The lowest BCUT2D eigenvalue weighted by Crippen LogP contribution is -2.44. The fourth-order valence-corrected chi connectivity index (χ4v) is 1.64. The van der Waals surface area contributed by atoms with Crippen LogP contribution in [0.3, 0.4) is 0 Å². The minimum atomic E-state index is -0.411. The van der Waals surface area contributed by atoms with Crippen LogP contribution in [-0.2, 0) is 0 Å². The SMILES string of the molecule is Cc1cc(N(C)C(C)(C)CO)c(C#N)c(C)n1. The van der Waals surface area contributed by atoms with Crippen LogP contribution in [0.15, 0.2) is 6.07 Å². The van der Waals surface area contributed by atoms with Crippen LogP contribution in [0.4, 0.5) is 5.69 Å². The van der Waals surface area contributed by atoms with E-state index in [-0.39, 0.29) is 6.61 Å². The van der Waals surface area contributed by atoms with Gasteiger partial charge < -0.3 is 10.0 Å². The number of anilines is 1. The van der Waals surface area contributed by atoms with Gasteiger partial charge in [-0.3, -0.25) is 4.98 Å². The molecule has 0 radical (unpaired) electrons. The van der Waals surface area contributed by atoms with Crippen molar-refractivity contribution in [2.24, 2.45) is 0 Å². The van der Waals surface area contributed by atoms with Crippen molar-refractivity contribution in [2.45, 2.75) is 33.2 Å². The molecule has 0 bridgehead atoms. The van der Waals surface area contributed by atoms with Gasteiger partial charge in [0, 0.05) is 12.7 Å². The molecule has 1 heterocycles. The highest BCUT2D eigenvalue weighted by Crippen LogP contribution is 2.27. The summed E-state index contributed by atoms with van der Waals surface area (Å²) in [5, 5.41) is 18.6. The molecule has 0 saturated heterocycles. The van der Waals surface area contributed by atoms with Crippen LogP contribution in [0.2, 0.25) is 0 Å². The van der Waals surface area contributed by atoms with E-state index in [1.54, 1.807) is 0 Å². The summed E-state index contributed by atoms with van der Waals surface area (Å²) in [4.78, 5) is 6.21. The second-order valence-corrected chi connectivity index (χ2v) is 4.88. The molecule has 0 aliphatic carbocycles. The summed E-state index contributed by atoms with van der Waals surface area (Å²) in [7, 11) is 1.88. The minimum Gasteiger partial charge on any atom is -0.394 e. The molecule has 0 aliphatic heterocycles. The van der Waals surface area contributed by atoms with Crippen LogP contribution in [0.25, 0.3) is 0 Å². The van der Waals surface area contributed by atoms with Crippen LogP contribution < -0.4 is 4.90 Å². The maximum atomic E-state index is 9.39. The number of aliphatic hydroxyl groups is 1. The third-order valence-corrected chi connectivity index (χ3v) is 3.08. The Morgan fingerprint density at radius 1 is 1.47 bits per heavy atom. The van der Waals surface area contributed by atoms with E-state index >= 15 is 0 Å². The largest absolute Gasteiger partial charge is 0.394 e. The Morgan fingerprint density at radius 2 is 2.06 bits per heavy atom. The maximum absolute atomic E-state index is 9.39. The Labute approximate surface area is 103 Å². The average Bonchev–Trinajstić information content (AvgIpc) is 2.27. The standard InChI is InChI=1S/C13H19N3O/c1-9-6-12(11(7-14)10(2)15-9)16(5)13(3,4)8-17/h6,17H,8H2,1-5H3. The van der Waals surface area contributed by atoms with Crippen molar-refractivity contribution in [1.82, 2.24) is 4.98 Å². The molecule has 92 valence electrons. The monoisotopic (exact) mass is 233 g/mol. The second-order valence-electron chi connectivity index (χ2n) is 4.88. The molecule has 4 heteroatoms. The molecule has 0 saturated carbocycles. The number of hydrogen-bond donors (Lipinski definition) is 1. The predicted octanol–water partition coefficient (Wildman–Crippen LogP) is 1.78. The number of aromatic nitrogens is 1. The van der Waals surface area contributed by atoms with E-state index < -0.39 is 5.54 Å². The molecule has 0 amide bonds. The molecule has 1 aromatic rings. The molecule has 0 atom stereocenters. The van der Waals surface area contributed by atoms with Crippen LogP contribution in [0, 0.1) is 25.2 Å². The van der Waals surface area contributed by atoms with E-state index in [4.69, 9.17) is 0 Å². The summed E-state index contributed by atoms with van der Waals surface area (Å²) in [5.41, 5.74) is 2.57. The van der Waals surface area contributed by atoms with E-state index in [2.05, 4.69) is 11.1 Å². The van der Waals surface area contributed by atoms with E-state index in [9.17, 15) is 10.4 Å². The van der Waals surface area contributed by atoms with Gasteiger partial charge in [0.25, 0.3) is 0 Å². The quantitative estimate of drug-likeness (QED) is 0.864. The Morgan fingerprint density at radius 3 is 2.53 bits per heavy atom. The molecule has 4 nitrogen and oxygen atoms in total. The normalized spacial score (nSPS) is 11.1. The summed E-state index contributed by atoms with van der Waals surface area (Å²) in [6.45, 7) is 7.61. The fraction of sp³-hybridized carbons (Fsp3) is 0.538. The van der Waals surface area contributed by atoms with Crippen LogP contribution in [0.1, 0.15) is 30.8 Å². The lowest BCUT2D eigenvalue weighted by atomic mass is 10.0. The number of likely N-dealkylation sites (N-methyl/N-ethyl adjacent to an activating group) is 1. The van der Waals surface area contributed by atoms with E-state index in [1.807, 2.05) is 45.7 Å². The fourth-order valence-electron chi connectivity index (χ4n) is 1.64. The zero-order chi connectivity index (χ0) is 13.2. The van der Waals surface area contributed by atoms with Crippen molar-refractivity contribution in [3.63, 3.8) is 0 Å². The van der Waals surface area contributed by atoms with Crippen molar-refractivity contribution in [3.8, 4) is 6.07 Å². The van der Waals surface area contributed by atoms with Gasteiger partial charge >= 0.3 is 0 Å². The first-order chi connectivity index (χ1) is 7.83. The third kappa shape index (κ3) is 2.56. The van der Waals surface area contributed by atoms with Gasteiger partial charge in [-0.1, -0.05) is 0 Å². The smallest absolute Gasteiger partial charge is 0.103 e. The molecule has 0 spiro atoms. The van der Waals surface area contributed by atoms with Gasteiger partial charge in [0.1, 0.15) is 6.07 Å². The zero-order valence-corrected chi connectivity index (χ0v) is 11.1. The summed E-state index contributed by atoms with van der Waals surface area (Å²) in [6, 6.07) is 4.06. The Kier molecular flexibility index (Phi) is 3.74. The molecule has 1 N–H and O–H groups in total. The molecule has 0 fully saturated rings. The molecular formula is C13H19N3O. The summed E-state index contributed by atoms with van der Waals surface area (Å²) >= 11 is 0. The maximum Gasteiger partial charge on any atom is 0.103 e. The number of aliphatic hydroxyl groups excluding tert-OH is 1. The van der Waals surface area contributed by atoms with E-state index in [0.717, 1.165) is 17.1 Å². The van der Waals surface area contributed by atoms with Crippen molar-refractivity contribution in [1.29, 1.82) is 5.26 Å². The van der Waals surface area contributed by atoms with Gasteiger partial charge in [0.2, 0.25) is 0 Å². The number of nitrogens with zero attached hydrogens (tertiary/aromatic N) is 3. The number of hydrogen-bond acceptors (Lipinski definition) is 4. The predicted molar refractivity (Wildman–Crippen MR) is 68.0 cm³/mol. The van der Waals surface area contributed by atoms with Gasteiger partial charge in [-0.05, 0) is 33.8 Å². The van der Waals surface area contributed by atoms with Gasteiger partial charge in [0.05, 0.1) is 29.1 Å². The Hall–Kier alpha value is -1.60. The van der Waals surface area contributed by atoms with Crippen LogP contribution in [-0.4, -0.2) is 29.3 Å². The lowest BCUT2D eigenvalue weighted by molar-refractivity contribution is 0.216. The first-order valence-electron chi connectivity index (χ1n) is 5.56. The lowest BCUT2D eigenvalue weighted by Gasteiger charge is -2.36. The van der Waals surface area contributed by atoms with Crippen molar-refractivity contribution in [2.75, 3.05) is 18.6 Å². The van der Waals surface area contributed by atoms with E-state index in [0.29, 0.717) is 5.56 Å². The zero-order valence-electron chi connectivity index (χ0n) is 11.1. The molecule has 1 aromatic heterocycles. The number of rotatable bonds is 3. The van der Waals surface area contributed by atoms with Crippen molar-refractivity contribution < 1.29 is 5.11 Å². The second kappa shape index (κ2) is 4.72. The summed E-state index contributed by atoms with van der Waals surface area (Å²) in [6.07, 6.45) is 0. The highest BCUT2D eigenvalue weighted by molar-refractivity contribution is 5.62. The number of aryl methyl sites for hydroxylation is 2. The van der Waals surface area contributed by atoms with Gasteiger partial charge in [-0.15, -0.1) is 0 Å². The first kappa shape index (κ1) is 13.5. The molecule has 1 rings (SSSR count). The minimum absolute atomic E-state index is 0.0226. The van der Waals surface area contributed by atoms with Gasteiger partial charge in [-0.25, -0.2) is 0 Å². The van der Waals surface area contributed by atoms with Crippen LogP contribution >= 0.6 is 0 Å². The molecule has 0 aromatic carbocycles. The van der Waals surface area contributed by atoms with Crippen molar-refractivity contribution in [3.05, 3.63) is 23.0 Å². The molecule has 0 aliphatic rings. The van der Waals surface area contributed by atoms with Crippen molar-refractivity contribution >= 4 is 5.69 Å². The molecular weight excluding hydrogens is 214 g/mol. The molecule has 17 heavy (non-hydrogen) atoms. The molecule has 0 unspecified atom stereocenters. The highest BCUT2D eigenvalue weighted by atomic mass is 16.3. The number of nitriles is 1. The Bertz CT molecular complexity index is 460. The summed E-state index contributed by atoms with van der Waals surface area (Å²) < 4.78 is 0. The Balaban J connectivity index is 3.36. The third-order valence-electron chi connectivity index (χ3n) is 3.08. The highest BCUT2D eigenvalue weighted by Gasteiger charge is 2.25. The average molecular weight is 233 g/mol. The summed E-state index contributed by atoms with van der Waals surface area (Å²) in [5.74, 6) is 0. The van der Waals surface area contributed by atoms with Crippen LogP contribution in [0.5, 0.6) is 0 Å². The first-order valence-corrected chi connectivity index (χ1v) is 5.56. The number of pyridine rings is 1. The topological polar surface area (TPSA) is 60.1 Å².